The fraction of sp³-hybridized carbons (Fsp3) is 0.667. The molecule has 0 aliphatic heterocycles. The minimum absolute atomic E-state index is 0.0406. The van der Waals surface area contributed by atoms with E-state index in [1.165, 1.54) is 0 Å². The Morgan fingerprint density at radius 2 is 2.30 bits per heavy atom. The van der Waals surface area contributed by atoms with Crippen molar-refractivity contribution in [1.82, 2.24) is 0 Å². The Bertz CT molecular complexity index is 138. The van der Waals surface area contributed by atoms with E-state index in [0.717, 1.165) is 6.42 Å². The van der Waals surface area contributed by atoms with Crippen molar-refractivity contribution in [3.63, 3.8) is 0 Å². The van der Waals surface area contributed by atoms with E-state index in [2.05, 4.69) is 15.0 Å². The predicted octanol–water partition coefficient (Wildman–Crippen LogP) is 1.72. The summed E-state index contributed by atoms with van der Waals surface area (Å²) in [4.78, 5) is 0. The van der Waals surface area contributed by atoms with Gasteiger partial charge in [0, 0.05) is 4.57 Å². The molecule has 0 N–H and O–H groups in total. The highest BCUT2D eigenvalue weighted by Crippen LogP contribution is 2.22. The molecule has 1 atom stereocenters. The first-order valence-corrected chi connectivity index (χ1v) is 4.07. The Kier molecular flexibility index (Phi) is 6.42. The lowest BCUT2D eigenvalue weighted by Crippen LogP contribution is -1.86. The molecule has 56 valence electrons. The summed E-state index contributed by atoms with van der Waals surface area (Å²) in [6.07, 6.45) is 5.67. The van der Waals surface area contributed by atoms with Crippen molar-refractivity contribution < 1.29 is 13.6 Å². The highest BCUT2D eigenvalue weighted by Gasteiger charge is 2.17. The zero-order chi connectivity index (χ0) is 7.82. The van der Waals surface area contributed by atoms with E-state index in [-0.39, 0.29) is 6.61 Å². The van der Waals surface area contributed by atoms with Gasteiger partial charge in [0.2, 0.25) is 0 Å². The SMILES string of the molecule is C#CCO[P+](=O)OCCC. The number of rotatable bonds is 5. The van der Waals surface area contributed by atoms with E-state index in [9.17, 15) is 4.57 Å². The lowest BCUT2D eigenvalue weighted by Gasteiger charge is -1.82. The van der Waals surface area contributed by atoms with Crippen molar-refractivity contribution in [3.8, 4) is 12.3 Å². The van der Waals surface area contributed by atoms with Crippen molar-refractivity contribution >= 4 is 8.25 Å². The van der Waals surface area contributed by atoms with Gasteiger partial charge in [-0.15, -0.1) is 15.5 Å². The van der Waals surface area contributed by atoms with Crippen LogP contribution in [0.1, 0.15) is 13.3 Å². The second-order valence-corrected chi connectivity index (χ2v) is 2.50. The van der Waals surface area contributed by atoms with Crippen molar-refractivity contribution in [2.45, 2.75) is 13.3 Å². The highest BCUT2D eigenvalue weighted by atomic mass is 31.1. The molecule has 0 saturated heterocycles. The van der Waals surface area contributed by atoms with Crippen LogP contribution in [-0.2, 0) is 13.6 Å². The lowest BCUT2D eigenvalue weighted by atomic mass is 10.5. The number of hydrogen-bond acceptors (Lipinski definition) is 3. The molecule has 0 bridgehead atoms. The van der Waals surface area contributed by atoms with Crippen LogP contribution in [0.2, 0.25) is 0 Å². The largest absolute Gasteiger partial charge is 0.698 e. The standard InChI is InChI=1S/C6H10O3P/c1-3-5-8-10(7)9-6-4-2/h1H,4-6H2,2H3/q+1. The molecular formula is C6H10O3P+. The van der Waals surface area contributed by atoms with Gasteiger partial charge in [0.1, 0.15) is 6.61 Å². The van der Waals surface area contributed by atoms with E-state index in [4.69, 9.17) is 6.42 Å². The molecule has 1 unspecified atom stereocenters. The molecule has 0 fully saturated rings. The summed E-state index contributed by atoms with van der Waals surface area (Å²) in [7, 11) is -1.98. The molecule has 0 spiro atoms. The van der Waals surface area contributed by atoms with Crippen LogP contribution in [0.4, 0.5) is 0 Å². The van der Waals surface area contributed by atoms with Gasteiger partial charge in [-0.3, -0.25) is 0 Å². The number of terminal acetylenes is 1. The van der Waals surface area contributed by atoms with Gasteiger partial charge in [-0.2, -0.15) is 0 Å². The van der Waals surface area contributed by atoms with Gasteiger partial charge in [-0.1, -0.05) is 12.8 Å². The topological polar surface area (TPSA) is 35.5 Å². The summed E-state index contributed by atoms with van der Waals surface area (Å²) in [5.41, 5.74) is 0. The summed E-state index contributed by atoms with van der Waals surface area (Å²) >= 11 is 0. The summed E-state index contributed by atoms with van der Waals surface area (Å²) in [6, 6.07) is 0. The van der Waals surface area contributed by atoms with Crippen molar-refractivity contribution in [2.75, 3.05) is 13.2 Å². The van der Waals surface area contributed by atoms with Crippen LogP contribution in [0.25, 0.3) is 0 Å². The Hall–Kier alpha value is -0.420. The average molecular weight is 161 g/mol. The van der Waals surface area contributed by atoms with Gasteiger partial charge in [-0.25, -0.2) is 0 Å². The maximum Gasteiger partial charge on any atom is 0.698 e. The quantitative estimate of drug-likeness (QED) is 0.455. The first-order chi connectivity index (χ1) is 4.81. The Labute approximate surface area is 61.7 Å². The third-order valence-corrected chi connectivity index (χ3v) is 1.39. The summed E-state index contributed by atoms with van der Waals surface area (Å²) in [6.45, 7) is 2.41. The molecule has 10 heavy (non-hydrogen) atoms. The van der Waals surface area contributed by atoms with Gasteiger partial charge >= 0.3 is 8.25 Å². The zero-order valence-corrected chi connectivity index (χ0v) is 6.77. The monoisotopic (exact) mass is 161 g/mol. The van der Waals surface area contributed by atoms with Gasteiger partial charge in [0.05, 0.1) is 0 Å². The fourth-order valence-corrected chi connectivity index (χ4v) is 0.879. The van der Waals surface area contributed by atoms with Crippen LogP contribution in [-0.4, -0.2) is 13.2 Å². The molecule has 0 saturated carbocycles. The fourth-order valence-electron chi connectivity index (χ4n) is 0.293. The smallest absolute Gasteiger partial charge is 0.119 e. The van der Waals surface area contributed by atoms with Crippen molar-refractivity contribution in [3.05, 3.63) is 0 Å². The summed E-state index contributed by atoms with van der Waals surface area (Å²) < 4.78 is 19.8. The molecule has 0 aromatic heterocycles. The number of hydrogen-bond donors (Lipinski definition) is 0. The Morgan fingerprint density at radius 1 is 1.60 bits per heavy atom. The van der Waals surface area contributed by atoms with E-state index in [1.54, 1.807) is 0 Å². The maximum absolute atomic E-state index is 10.6. The van der Waals surface area contributed by atoms with E-state index in [1.807, 2.05) is 6.92 Å². The Morgan fingerprint density at radius 3 is 2.80 bits per heavy atom. The van der Waals surface area contributed by atoms with Crippen LogP contribution in [0.15, 0.2) is 0 Å². The highest BCUT2D eigenvalue weighted by molar-refractivity contribution is 7.33. The van der Waals surface area contributed by atoms with Crippen LogP contribution in [0.3, 0.4) is 0 Å². The molecular weight excluding hydrogens is 151 g/mol. The van der Waals surface area contributed by atoms with E-state index in [0.29, 0.717) is 6.61 Å². The normalized spacial score (nSPS) is 10.6. The molecule has 0 heterocycles. The van der Waals surface area contributed by atoms with E-state index < -0.39 is 8.25 Å². The lowest BCUT2D eigenvalue weighted by molar-refractivity contribution is 0.244. The summed E-state index contributed by atoms with van der Waals surface area (Å²) in [5.74, 6) is 2.19. The van der Waals surface area contributed by atoms with Crippen LogP contribution in [0.5, 0.6) is 0 Å². The molecule has 3 nitrogen and oxygen atoms in total. The Balaban J connectivity index is 3.19. The minimum atomic E-state index is -1.98. The third-order valence-electron chi connectivity index (χ3n) is 0.654. The molecule has 0 amide bonds. The second kappa shape index (κ2) is 6.70. The molecule has 0 aromatic carbocycles. The van der Waals surface area contributed by atoms with Gasteiger partial charge in [0.25, 0.3) is 0 Å². The molecule has 0 rings (SSSR count). The van der Waals surface area contributed by atoms with E-state index >= 15 is 0 Å². The van der Waals surface area contributed by atoms with Crippen LogP contribution >= 0.6 is 8.25 Å². The average Bonchev–Trinajstić information content (AvgIpc) is 1.97. The van der Waals surface area contributed by atoms with Gasteiger partial charge in [-0.05, 0) is 6.42 Å². The maximum atomic E-state index is 10.6. The van der Waals surface area contributed by atoms with Crippen molar-refractivity contribution in [2.24, 2.45) is 0 Å². The van der Waals surface area contributed by atoms with Crippen LogP contribution < -0.4 is 0 Å². The second-order valence-electron chi connectivity index (χ2n) is 1.53. The first-order valence-electron chi connectivity index (χ1n) is 2.97. The first kappa shape index (κ1) is 9.58. The molecule has 4 heteroatoms. The molecule has 0 radical (unpaired) electrons. The zero-order valence-electron chi connectivity index (χ0n) is 5.87. The van der Waals surface area contributed by atoms with Crippen molar-refractivity contribution in [1.29, 1.82) is 0 Å². The molecule has 0 aliphatic carbocycles. The predicted molar refractivity (Wildman–Crippen MR) is 38.6 cm³/mol. The molecule has 0 aromatic rings. The minimum Gasteiger partial charge on any atom is -0.119 e. The van der Waals surface area contributed by atoms with Crippen LogP contribution in [0, 0.1) is 12.3 Å². The summed E-state index contributed by atoms with van der Waals surface area (Å²) in [5, 5.41) is 0. The van der Waals surface area contributed by atoms with Gasteiger partial charge < -0.3 is 0 Å². The molecule has 0 aliphatic rings. The third kappa shape index (κ3) is 5.71. The van der Waals surface area contributed by atoms with Gasteiger partial charge in [0.15, 0.2) is 6.61 Å².